The molecule has 1 rings (SSSR count). The van der Waals surface area contributed by atoms with Crippen LogP contribution in [0.15, 0.2) is 24.3 Å². The fourth-order valence-corrected chi connectivity index (χ4v) is 7.44. The second kappa shape index (κ2) is 37.9. The molecule has 0 saturated carbocycles. The maximum absolute atomic E-state index is 13.0. The van der Waals surface area contributed by atoms with Crippen LogP contribution in [-0.4, -0.2) is 87.5 Å². The Labute approximate surface area is 343 Å². The molecule has 6 N–H and O–H groups in total. The van der Waals surface area contributed by atoms with Crippen LogP contribution in [0.5, 0.6) is 0 Å². The first-order valence-corrected chi connectivity index (χ1v) is 23.6. The predicted molar refractivity (Wildman–Crippen MR) is 230 cm³/mol. The van der Waals surface area contributed by atoms with Crippen LogP contribution >= 0.6 is 0 Å². The zero-order valence-electron chi connectivity index (χ0n) is 36.1. The topological polar surface area (TPSA) is 149 Å². The lowest BCUT2D eigenvalue weighted by atomic mass is 9.99. The molecule has 0 aromatic rings. The van der Waals surface area contributed by atoms with Crippen molar-refractivity contribution in [2.24, 2.45) is 0 Å². The van der Waals surface area contributed by atoms with E-state index in [0.717, 1.165) is 38.5 Å². The summed E-state index contributed by atoms with van der Waals surface area (Å²) in [7, 11) is 0. The molecule has 1 amide bonds. The number of carbonyl (C=O) groups excluding carboxylic acids is 1. The highest BCUT2D eigenvalue weighted by atomic mass is 16.7. The molecule has 56 heavy (non-hydrogen) atoms. The van der Waals surface area contributed by atoms with E-state index >= 15 is 0 Å². The minimum atomic E-state index is -1.56. The van der Waals surface area contributed by atoms with Crippen LogP contribution in [0.1, 0.15) is 213 Å². The highest BCUT2D eigenvalue weighted by Gasteiger charge is 2.44. The van der Waals surface area contributed by atoms with Crippen LogP contribution in [0, 0.1) is 0 Å². The fourth-order valence-electron chi connectivity index (χ4n) is 7.44. The van der Waals surface area contributed by atoms with Gasteiger partial charge in [0.1, 0.15) is 24.4 Å². The van der Waals surface area contributed by atoms with Crippen molar-refractivity contribution in [3.8, 4) is 0 Å². The fraction of sp³-hybridized carbons (Fsp3) is 0.894. The molecular weight excluding hydrogens is 707 g/mol. The zero-order valence-corrected chi connectivity index (χ0v) is 36.1. The van der Waals surface area contributed by atoms with E-state index in [1.165, 1.54) is 154 Å². The maximum atomic E-state index is 13.0. The third-order valence-corrected chi connectivity index (χ3v) is 11.3. The van der Waals surface area contributed by atoms with Crippen molar-refractivity contribution < 1.29 is 39.8 Å². The molecule has 0 bridgehead atoms. The summed E-state index contributed by atoms with van der Waals surface area (Å²) in [6.07, 6.45) is 37.9. The molecule has 0 aromatic heterocycles. The van der Waals surface area contributed by atoms with Crippen LogP contribution in [0.4, 0.5) is 0 Å². The molecule has 0 aromatic carbocycles. The number of amides is 1. The van der Waals surface area contributed by atoms with Gasteiger partial charge in [-0.25, -0.2) is 0 Å². The molecular formula is C47H89NO8. The second-order valence-corrected chi connectivity index (χ2v) is 16.5. The molecule has 1 aliphatic rings. The minimum Gasteiger partial charge on any atom is -0.394 e. The van der Waals surface area contributed by atoms with Crippen LogP contribution < -0.4 is 5.32 Å². The Morgan fingerprint density at radius 2 is 1.00 bits per heavy atom. The van der Waals surface area contributed by atoms with E-state index in [2.05, 4.69) is 31.3 Å². The maximum Gasteiger partial charge on any atom is 0.220 e. The van der Waals surface area contributed by atoms with Crippen LogP contribution in [-0.2, 0) is 14.3 Å². The average Bonchev–Trinajstić information content (AvgIpc) is 3.20. The smallest absolute Gasteiger partial charge is 0.220 e. The lowest BCUT2D eigenvalue weighted by Gasteiger charge is -2.40. The largest absolute Gasteiger partial charge is 0.394 e. The van der Waals surface area contributed by atoms with E-state index in [0.29, 0.717) is 6.42 Å². The van der Waals surface area contributed by atoms with Gasteiger partial charge in [0.05, 0.1) is 25.4 Å². The van der Waals surface area contributed by atoms with E-state index in [4.69, 9.17) is 9.47 Å². The van der Waals surface area contributed by atoms with Gasteiger partial charge in [-0.2, -0.15) is 0 Å². The van der Waals surface area contributed by atoms with Gasteiger partial charge >= 0.3 is 0 Å². The van der Waals surface area contributed by atoms with Gasteiger partial charge < -0.3 is 40.3 Å². The Balaban J connectivity index is 2.29. The first-order valence-electron chi connectivity index (χ1n) is 23.6. The molecule has 1 aliphatic heterocycles. The van der Waals surface area contributed by atoms with Crippen molar-refractivity contribution in [2.75, 3.05) is 13.2 Å². The molecule has 1 heterocycles. The first kappa shape index (κ1) is 52.7. The van der Waals surface area contributed by atoms with Gasteiger partial charge in [0.2, 0.25) is 5.91 Å². The molecule has 1 saturated heterocycles. The zero-order chi connectivity index (χ0) is 40.9. The number of ether oxygens (including phenoxy) is 2. The molecule has 7 atom stereocenters. The number of rotatable bonds is 39. The number of aliphatic hydroxyl groups excluding tert-OH is 5. The standard InChI is InChI=1S/C47H89NO8/c1-3-5-7-9-11-13-15-17-18-19-20-21-22-23-24-25-27-29-31-33-35-37-43(51)48-40(39-55-47-46(54)45(53)44(52)42(38-49)56-47)41(50)36-34-32-30-28-26-16-14-12-10-8-6-4-2/h17-18,34,36,40-42,44-47,49-50,52-54H,3-16,19-33,35,37-39H2,1-2H3,(H,48,51)/b18-17-,36-34+/t40-,41+,42+,44+,45-,46+,47+/m0/s1. The summed E-state index contributed by atoms with van der Waals surface area (Å²) in [4.78, 5) is 13.0. The molecule has 0 spiro atoms. The van der Waals surface area contributed by atoms with Crippen molar-refractivity contribution in [1.29, 1.82) is 0 Å². The van der Waals surface area contributed by atoms with Gasteiger partial charge in [-0.3, -0.25) is 4.79 Å². The second-order valence-electron chi connectivity index (χ2n) is 16.5. The van der Waals surface area contributed by atoms with Crippen molar-refractivity contribution in [1.82, 2.24) is 5.32 Å². The van der Waals surface area contributed by atoms with Crippen molar-refractivity contribution in [2.45, 2.75) is 256 Å². The number of carbonyl (C=O) groups is 1. The number of hydrogen-bond acceptors (Lipinski definition) is 8. The van der Waals surface area contributed by atoms with Crippen LogP contribution in [0.25, 0.3) is 0 Å². The summed E-state index contributed by atoms with van der Waals surface area (Å²) in [6.45, 7) is 3.76. The van der Waals surface area contributed by atoms with Crippen LogP contribution in [0.2, 0.25) is 0 Å². The summed E-state index contributed by atoms with van der Waals surface area (Å²) >= 11 is 0. The summed E-state index contributed by atoms with van der Waals surface area (Å²) in [6, 6.07) is -0.801. The van der Waals surface area contributed by atoms with E-state index in [1.807, 2.05) is 6.08 Å². The van der Waals surface area contributed by atoms with E-state index in [9.17, 15) is 30.3 Å². The third-order valence-electron chi connectivity index (χ3n) is 11.3. The van der Waals surface area contributed by atoms with Crippen molar-refractivity contribution in [3.05, 3.63) is 24.3 Å². The van der Waals surface area contributed by atoms with Gasteiger partial charge in [-0.05, 0) is 44.9 Å². The van der Waals surface area contributed by atoms with E-state index < -0.39 is 49.5 Å². The number of unbranched alkanes of at least 4 members (excludes halogenated alkanes) is 27. The molecule has 9 nitrogen and oxygen atoms in total. The molecule has 0 unspecified atom stereocenters. The van der Waals surface area contributed by atoms with Gasteiger partial charge in [0.25, 0.3) is 0 Å². The number of nitrogens with one attached hydrogen (secondary N) is 1. The Bertz CT molecular complexity index is 930. The van der Waals surface area contributed by atoms with Crippen molar-refractivity contribution >= 4 is 5.91 Å². The molecule has 0 radical (unpaired) electrons. The summed E-state index contributed by atoms with van der Waals surface area (Å²) in [5, 5.41) is 54.1. The Morgan fingerprint density at radius 3 is 1.45 bits per heavy atom. The van der Waals surface area contributed by atoms with Gasteiger partial charge in [0.15, 0.2) is 6.29 Å². The lowest BCUT2D eigenvalue weighted by Crippen LogP contribution is -2.60. The average molecular weight is 796 g/mol. The highest BCUT2D eigenvalue weighted by molar-refractivity contribution is 5.76. The first-order chi connectivity index (χ1) is 27.3. The normalized spacial score (nSPS) is 21.3. The van der Waals surface area contributed by atoms with E-state index in [-0.39, 0.29) is 12.5 Å². The lowest BCUT2D eigenvalue weighted by molar-refractivity contribution is -0.302. The van der Waals surface area contributed by atoms with Crippen LogP contribution in [0.3, 0.4) is 0 Å². The monoisotopic (exact) mass is 796 g/mol. The SMILES string of the molecule is CCCCCCCC/C=C\CCCCCCCCCCCCCC(=O)N[C@@H](CO[C@@H]1O[C@H](CO)[C@@H](O)[C@H](O)[C@H]1O)[C@H](O)/C=C/CCCCCCCCCCCC. The molecule has 330 valence electrons. The predicted octanol–water partition coefficient (Wildman–Crippen LogP) is 9.89. The summed E-state index contributed by atoms with van der Waals surface area (Å²) in [5.41, 5.74) is 0. The Hall–Kier alpha value is -1.33. The molecule has 0 aliphatic carbocycles. The quantitative estimate of drug-likeness (QED) is 0.0266. The third kappa shape index (κ3) is 28.2. The number of aliphatic hydroxyl groups is 5. The van der Waals surface area contributed by atoms with E-state index in [1.54, 1.807) is 6.08 Å². The van der Waals surface area contributed by atoms with Crippen molar-refractivity contribution in [3.63, 3.8) is 0 Å². The molecule has 9 heteroatoms. The Morgan fingerprint density at radius 1 is 0.589 bits per heavy atom. The highest BCUT2D eigenvalue weighted by Crippen LogP contribution is 2.23. The van der Waals surface area contributed by atoms with Gasteiger partial charge in [0, 0.05) is 6.42 Å². The number of hydrogen-bond donors (Lipinski definition) is 6. The number of allylic oxidation sites excluding steroid dienone is 3. The summed E-state index contributed by atoms with van der Waals surface area (Å²) < 4.78 is 11.2. The molecule has 1 fully saturated rings. The summed E-state index contributed by atoms with van der Waals surface area (Å²) in [5.74, 6) is -0.178. The minimum absolute atomic E-state index is 0.178. The van der Waals surface area contributed by atoms with Gasteiger partial charge in [-0.15, -0.1) is 0 Å². The Kier molecular flexibility index (Phi) is 35.7. The van der Waals surface area contributed by atoms with Gasteiger partial charge in [-0.1, -0.05) is 186 Å².